The van der Waals surface area contributed by atoms with Crippen LogP contribution >= 0.6 is 11.3 Å². The van der Waals surface area contributed by atoms with Gasteiger partial charge in [0.1, 0.15) is 0 Å². The highest BCUT2D eigenvalue weighted by atomic mass is 32.1. The number of nitrogens with two attached hydrogens (primary N) is 1. The van der Waals surface area contributed by atoms with E-state index in [0.717, 1.165) is 12.0 Å². The maximum atomic E-state index is 6.03. The van der Waals surface area contributed by atoms with Crippen LogP contribution in [0, 0.1) is 0 Å². The zero-order valence-corrected chi connectivity index (χ0v) is 8.45. The van der Waals surface area contributed by atoms with Crippen LogP contribution in [0.2, 0.25) is 0 Å². The molecule has 0 saturated heterocycles. The van der Waals surface area contributed by atoms with Gasteiger partial charge in [-0.25, -0.2) is 0 Å². The summed E-state index contributed by atoms with van der Waals surface area (Å²) < 4.78 is 0. The van der Waals surface area contributed by atoms with Gasteiger partial charge in [-0.3, -0.25) is 0 Å². The van der Waals surface area contributed by atoms with Crippen LogP contribution in [0.25, 0.3) is 0 Å². The first-order chi connectivity index (χ1) is 6.86. The Labute approximate surface area is 86.6 Å². The Balaban J connectivity index is 2.07. The normalized spacial score (nSPS) is 12.6. The third-order valence-corrected chi connectivity index (χ3v) is 2.94. The highest BCUT2D eigenvalue weighted by Gasteiger charge is 2.07. The predicted molar refractivity (Wildman–Crippen MR) is 57.0 cm³/mol. The Kier molecular flexibility index (Phi) is 2.86. The highest BCUT2D eigenvalue weighted by molar-refractivity contribution is 7.09. The fourth-order valence-corrected chi connectivity index (χ4v) is 2.05. The SMILES string of the molecule is NC(Cc1cccs1)c1ccnnc1. The van der Waals surface area contributed by atoms with Gasteiger partial charge in [0.05, 0.1) is 6.20 Å². The van der Waals surface area contributed by atoms with E-state index < -0.39 is 0 Å². The first-order valence-corrected chi connectivity index (χ1v) is 5.29. The van der Waals surface area contributed by atoms with Crippen molar-refractivity contribution in [3.05, 3.63) is 46.4 Å². The molecule has 2 aromatic heterocycles. The molecule has 0 aliphatic heterocycles. The molecule has 2 N–H and O–H groups in total. The fraction of sp³-hybridized carbons (Fsp3) is 0.200. The van der Waals surface area contributed by atoms with E-state index in [9.17, 15) is 0 Å². The van der Waals surface area contributed by atoms with Gasteiger partial charge >= 0.3 is 0 Å². The van der Waals surface area contributed by atoms with Gasteiger partial charge in [0.15, 0.2) is 0 Å². The molecule has 1 unspecified atom stereocenters. The first-order valence-electron chi connectivity index (χ1n) is 4.41. The van der Waals surface area contributed by atoms with Crippen LogP contribution in [0.1, 0.15) is 16.5 Å². The molecule has 0 bridgehead atoms. The number of nitrogens with zero attached hydrogens (tertiary/aromatic N) is 2. The summed E-state index contributed by atoms with van der Waals surface area (Å²) >= 11 is 1.73. The quantitative estimate of drug-likeness (QED) is 0.831. The molecule has 0 spiro atoms. The van der Waals surface area contributed by atoms with Gasteiger partial charge in [0.25, 0.3) is 0 Å². The van der Waals surface area contributed by atoms with Gasteiger partial charge in [-0.1, -0.05) is 6.07 Å². The smallest absolute Gasteiger partial charge is 0.0544 e. The Hall–Kier alpha value is -1.26. The van der Waals surface area contributed by atoms with E-state index in [1.807, 2.05) is 12.1 Å². The molecule has 72 valence electrons. The standard InChI is InChI=1S/C10H11N3S/c11-10(6-9-2-1-5-14-9)8-3-4-12-13-7-8/h1-5,7,10H,6,11H2. The average molecular weight is 205 g/mol. The Morgan fingerprint density at radius 3 is 2.93 bits per heavy atom. The Bertz CT molecular complexity index is 372. The summed E-state index contributed by atoms with van der Waals surface area (Å²) in [5.74, 6) is 0. The van der Waals surface area contributed by atoms with E-state index >= 15 is 0 Å². The number of aromatic nitrogens is 2. The third-order valence-electron chi connectivity index (χ3n) is 2.04. The van der Waals surface area contributed by atoms with Gasteiger partial charge in [-0.2, -0.15) is 10.2 Å². The molecule has 2 aromatic rings. The molecule has 0 amide bonds. The van der Waals surface area contributed by atoms with Crippen molar-refractivity contribution >= 4 is 11.3 Å². The van der Waals surface area contributed by atoms with Gasteiger partial charge in [-0.05, 0) is 23.1 Å². The molecular weight excluding hydrogens is 194 g/mol. The summed E-state index contributed by atoms with van der Waals surface area (Å²) in [5, 5.41) is 9.59. The Morgan fingerprint density at radius 2 is 2.29 bits per heavy atom. The molecule has 1 atom stereocenters. The summed E-state index contributed by atoms with van der Waals surface area (Å²) in [4.78, 5) is 1.30. The van der Waals surface area contributed by atoms with Crippen molar-refractivity contribution in [2.45, 2.75) is 12.5 Å². The van der Waals surface area contributed by atoms with Crippen LogP contribution in [-0.4, -0.2) is 10.2 Å². The predicted octanol–water partition coefficient (Wildman–Crippen LogP) is 1.78. The van der Waals surface area contributed by atoms with E-state index in [0.29, 0.717) is 0 Å². The zero-order chi connectivity index (χ0) is 9.80. The van der Waals surface area contributed by atoms with Crippen LogP contribution < -0.4 is 5.73 Å². The molecule has 0 saturated carbocycles. The van der Waals surface area contributed by atoms with Crippen molar-refractivity contribution in [1.82, 2.24) is 10.2 Å². The number of rotatable bonds is 3. The maximum absolute atomic E-state index is 6.03. The summed E-state index contributed by atoms with van der Waals surface area (Å²) in [7, 11) is 0. The van der Waals surface area contributed by atoms with E-state index in [2.05, 4.69) is 21.6 Å². The van der Waals surface area contributed by atoms with Crippen LogP contribution in [0.3, 0.4) is 0 Å². The van der Waals surface area contributed by atoms with E-state index in [1.165, 1.54) is 4.88 Å². The lowest BCUT2D eigenvalue weighted by Crippen LogP contribution is -2.12. The van der Waals surface area contributed by atoms with Crippen molar-refractivity contribution < 1.29 is 0 Å². The number of thiophene rings is 1. The highest BCUT2D eigenvalue weighted by Crippen LogP contribution is 2.17. The molecule has 2 heterocycles. The molecule has 0 radical (unpaired) electrons. The van der Waals surface area contributed by atoms with E-state index in [4.69, 9.17) is 5.73 Å². The summed E-state index contributed by atoms with van der Waals surface area (Å²) in [6, 6.07) is 6.06. The van der Waals surface area contributed by atoms with Crippen LogP contribution in [-0.2, 0) is 6.42 Å². The maximum Gasteiger partial charge on any atom is 0.0544 e. The molecule has 0 aromatic carbocycles. The minimum atomic E-state index is 0.0177. The largest absolute Gasteiger partial charge is 0.324 e. The molecule has 3 nitrogen and oxygen atoms in total. The molecule has 0 aliphatic carbocycles. The summed E-state index contributed by atoms with van der Waals surface area (Å²) in [6.07, 6.45) is 4.26. The average Bonchev–Trinajstić information content (AvgIpc) is 2.72. The third kappa shape index (κ3) is 2.16. The van der Waals surface area contributed by atoms with Crippen LogP contribution in [0.15, 0.2) is 36.0 Å². The zero-order valence-electron chi connectivity index (χ0n) is 7.63. The van der Waals surface area contributed by atoms with Gasteiger partial charge in [0.2, 0.25) is 0 Å². The topological polar surface area (TPSA) is 51.8 Å². The molecule has 0 aliphatic rings. The lowest BCUT2D eigenvalue weighted by atomic mass is 10.1. The fourth-order valence-electron chi connectivity index (χ4n) is 1.28. The van der Waals surface area contributed by atoms with Gasteiger partial charge in [-0.15, -0.1) is 11.3 Å². The number of hydrogen-bond donors (Lipinski definition) is 1. The van der Waals surface area contributed by atoms with Crippen LogP contribution in [0.4, 0.5) is 0 Å². The molecule has 0 fully saturated rings. The van der Waals surface area contributed by atoms with Gasteiger partial charge < -0.3 is 5.73 Å². The number of hydrogen-bond acceptors (Lipinski definition) is 4. The van der Waals surface area contributed by atoms with E-state index in [-0.39, 0.29) is 6.04 Å². The second-order valence-electron chi connectivity index (χ2n) is 3.07. The second-order valence-corrected chi connectivity index (χ2v) is 4.10. The van der Waals surface area contributed by atoms with Gasteiger partial charge in [0, 0.05) is 23.5 Å². The van der Waals surface area contributed by atoms with Crippen molar-refractivity contribution in [3.63, 3.8) is 0 Å². The summed E-state index contributed by atoms with van der Waals surface area (Å²) in [6.45, 7) is 0. The molecular formula is C10H11N3S. The van der Waals surface area contributed by atoms with Crippen molar-refractivity contribution in [2.75, 3.05) is 0 Å². The lowest BCUT2D eigenvalue weighted by Gasteiger charge is -2.08. The summed E-state index contributed by atoms with van der Waals surface area (Å²) in [5.41, 5.74) is 7.06. The van der Waals surface area contributed by atoms with Crippen molar-refractivity contribution in [2.24, 2.45) is 5.73 Å². The molecule has 14 heavy (non-hydrogen) atoms. The first kappa shape index (κ1) is 9.30. The Morgan fingerprint density at radius 1 is 1.36 bits per heavy atom. The minimum absolute atomic E-state index is 0.0177. The second kappa shape index (κ2) is 4.30. The monoisotopic (exact) mass is 205 g/mol. The molecule has 2 rings (SSSR count). The minimum Gasteiger partial charge on any atom is -0.324 e. The van der Waals surface area contributed by atoms with Crippen molar-refractivity contribution in [1.29, 1.82) is 0 Å². The van der Waals surface area contributed by atoms with E-state index in [1.54, 1.807) is 23.7 Å². The van der Waals surface area contributed by atoms with Crippen LogP contribution in [0.5, 0.6) is 0 Å². The molecule has 4 heteroatoms. The van der Waals surface area contributed by atoms with Crippen molar-refractivity contribution in [3.8, 4) is 0 Å². The lowest BCUT2D eigenvalue weighted by molar-refractivity contribution is 0.720.